The van der Waals surface area contributed by atoms with Crippen molar-refractivity contribution < 1.29 is 4.79 Å². The third-order valence-electron chi connectivity index (χ3n) is 2.08. The molecule has 0 saturated heterocycles. The summed E-state index contributed by atoms with van der Waals surface area (Å²) in [6, 6.07) is 0.927. The van der Waals surface area contributed by atoms with Crippen LogP contribution < -0.4 is 11.3 Å². The van der Waals surface area contributed by atoms with Gasteiger partial charge in [-0.25, -0.2) is 14.3 Å². The molecular formula is C9H9N3O2S. The van der Waals surface area contributed by atoms with Crippen LogP contribution >= 0.6 is 11.3 Å². The van der Waals surface area contributed by atoms with E-state index in [0.29, 0.717) is 15.9 Å². The van der Waals surface area contributed by atoms with Crippen LogP contribution in [0.2, 0.25) is 0 Å². The Balaban J connectivity index is 2.96. The highest BCUT2D eigenvalue weighted by molar-refractivity contribution is 7.18. The van der Waals surface area contributed by atoms with E-state index in [2.05, 4.69) is 4.98 Å². The molecule has 0 aliphatic heterocycles. The number of pyridine rings is 1. The van der Waals surface area contributed by atoms with Crippen LogP contribution in [-0.4, -0.2) is 15.6 Å². The summed E-state index contributed by atoms with van der Waals surface area (Å²) in [7, 11) is 0. The van der Waals surface area contributed by atoms with Crippen molar-refractivity contribution in [3.8, 4) is 0 Å². The Kier molecular flexibility index (Phi) is 2.08. The van der Waals surface area contributed by atoms with E-state index in [1.807, 2.05) is 6.92 Å². The molecule has 6 heteroatoms. The van der Waals surface area contributed by atoms with Gasteiger partial charge in [0.15, 0.2) is 0 Å². The minimum absolute atomic E-state index is 0.386. The minimum atomic E-state index is -0.759. The molecule has 78 valence electrons. The van der Waals surface area contributed by atoms with E-state index in [9.17, 15) is 9.59 Å². The number of hydrogen-bond acceptors (Lipinski definition) is 4. The molecule has 2 aromatic rings. The van der Waals surface area contributed by atoms with Crippen molar-refractivity contribution in [2.45, 2.75) is 13.8 Å². The van der Waals surface area contributed by atoms with E-state index in [1.54, 1.807) is 13.0 Å². The van der Waals surface area contributed by atoms with Crippen LogP contribution in [-0.2, 0) is 0 Å². The second-order valence-corrected chi connectivity index (χ2v) is 4.41. The number of hydrogen-bond donors (Lipinski definition) is 1. The van der Waals surface area contributed by atoms with Gasteiger partial charge < -0.3 is 5.73 Å². The largest absolute Gasteiger partial charge is 0.351 e. The van der Waals surface area contributed by atoms with Crippen LogP contribution in [0.1, 0.15) is 10.7 Å². The molecule has 0 radical (unpaired) electrons. The smallest absolute Gasteiger partial charge is 0.326 e. The lowest BCUT2D eigenvalue weighted by Gasteiger charge is -2.03. The van der Waals surface area contributed by atoms with Gasteiger partial charge >= 0.3 is 6.03 Å². The van der Waals surface area contributed by atoms with Crippen molar-refractivity contribution in [1.29, 1.82) is 0 Å². The third-order valence-corrected chi connectivity index (χ3v) is 3.05. The van der Waals surface area contributed by atoms with Crippen LogP contribution in [0.4, 0.5) is 4.79 Å². The summed E-state index contributed by atoms with van der Waals surface area (Å²) in [6.07, 6.45) is 0. The minimum Gasteiger partial charge on any atom is -0.351 e. The molecule has 0 aromatic carbocycles. The van der Waals surface area contributed by atoms with E-state index >= 15 is 0 Å². The number of amides is 1. The van der Waals surface area contributed by atoms with Crippen molar-refractivity contribution in [2.75, 3.05) is 0 Å². The monoisotopic (exact) mass is 223 g/mol. The maximum Gasteiger partial charge on any atom is 0.326 e. The molecule has 0 aliphatic rings. The van der Waals surface area contributed by atoms with Crippen LogP contribution in [0.3, 0.4) is 0 Å². The summed E-state index contributed by atoms with van der Waals surface area (Å²) in [6.45, 7) is 3.47. The molecule has 15 heavy (non-hydrogen) atoms. The fourth-order valence-electron chi connectivity index (χ4n) is 1.49. The molecule has 0 aliphatic carbocycles. The van der Waals surface area contributed by atoms with Gasteiger partial charge in [-0.05, 0) is 19.9 Å². The van der Waals surface area contributed by atoms with Gasteiger partial charge in [-0.1, -0.05) is 0 Å². The molecule has 0 fully saturated rings. The fraction of sp³-hybridized carbons (Fsp3) is 0.222. The van der Waals surface area contributed by atoms with E-state index in [4.69, 9.17) is 5.73 Å². The average molecular weight is 223 g/mol. The number of carbonyl (C=O) groups is 1. The maximum absolute atomic E-state index is 11.8. The normalized spacial score (nSPS) is 10.8. The molecule has 1 amide bonds. The van der Waals surface area contributed by atoms with Crippen LogP contribution in [0, 0.1) is 13.8 Å². The van der Waals surface area contributed by atoms with Crippen molar-refractivity contribution in [3.05, 3.63) is 27.1 Å². The third kappa shape index (κ3) is 1.42. The molecule has 5 nitrogen and oxygen atoms in total. The number of aryl methyl sites for hydroxylation is 2. The van der Waals surface area contributed by atoms with E-state index in [-0.39, 0.29) is 5.56 Å². The Hall–Kier alpha value is -1.69. The van der Waals surface area contributed by atoms with Gasteiger partial charge in [-0.2, -0.15) is 0 Å². The lowest BCUT2D eigenvalue weighted by Crippen LogP contribution is -2.32. The number of carbonyl (C=O) groups excluding carboxylic acids is 1. The molecule has 2 heterocycles. The van der Waals surface area contributed by atoms with Gasteiger partial charge in [0.1, 0.15) is 4.70 Å². The van der Waals surface area contributed by atoms with E-state index in [1.165, 1.54) is 11.3 Å². The second-order valence-electron chi connectivity index (χ2n) is 3.21. The highest BCUT2D eigenvalue weighted by Crippen LogP contribution is 2.18. The first-order chi connectivity index (χ1) is 7.00. The summed E-state index contributed by atoms with van der Waals surface area (Å²) in [5.41, 5.74) is 5.86. The number of fused-ring (bicyclic) bond motifs is 1. The molecule has 2 aromatic heterocycles. The Morgan fingerprint density at radius 1 is 1.53 bits per heavy atom. The summed E-state index contributed by atoms with van der Waals surface area (Å²) >= 11 is 1.27. The average Bonchev–Trinajstić information content (AvgIpc) is 2.45. The van der Waals surface area contributed by atoms with E-state index < -0.39 is 6.03 Å². The van der Waals surface area contributed by atoms with Crippen LogP contribution in [0.25, 0.3) is 10.2 Å². The zero-order valence-electron chi connectivity index (χ0n) is 8.27. The number of nitrogens with zero attached hydrogens (tertiary/aromatic N) is 2. The van der Waals surface area contributed by atoms with Gasteiger partial charge in [0.05, 0.1) is 10.5 Å². The first kappa shape index (κ1) is 9.85. The standard InChI is InChI=1S/C9H9N3O2S/c1-4-3-6-7(15-5(2)11-6)8(13)12(4)9(10)14/h3H,1-2H3,(H2,10,14). The molecule has 0 unspecified atom stereocenters. The van der Waals surface area contributed by atoms with Gasteiger partial charge in [-0.3, -0.25) is 4.79 Å². The molecule has 0 spiro atoms. The second kappa shape index (κ2) is 3.16. The first-order valence-electron chi connectivity index (χ1n) is 4.30. The Morgan fingerprint density at radius 2 is 2.20 bits per heavy atom. The molecule has 0 atom stereocenters. The molecule has 0 bridgehead atoms. The lowest BCUT2D eigenvalue weighted by atomic mass is 10.3. The van der Waals surface area contributed by atoms with E-state index in [0.717, 1.165) is 9.57 Å². The summed E-state index contributed by atoms with van der Waals surface area (Å²) < 4.78 is 1.43. The van der Waals surface area contributed by atoms with Gasteiger partial charge in [0.25, 0.3) is 5.56 Å². The fourth-order valence-corrected chi connectivity index (χ4v) is 2.32. The lowest BCUT2D eigenvalue weighted by molar-refractivity contribution is 0.249. The number of primary amides is 1. The van der Waals surface area contributed by atoms with Crippen molar-refractivity contribution >= 4 is 27.6 Å². The Bertz CT molecular complexity index is 612. The van der Waals surface area contributed by atoms with Crippen LogP contribution in [0.5, 0.6) is 0 Å². The number of rotatable bonds is 0. The van der Waals surface area contributed by atoms with Gasteiger partial charge in [-0.15, -0.1) is 11.3 Å². The van der Waals surface area contributed by atoms with Crippen molar-refractivity contribution in [3.63, 3.8) is 0 Å². The van der Waals surface area contributed by atoms with Crippen molar-refractivity contribution in [1.82, 2.24) is 9.55 Å². The zero-order chi connectivity index (χ0) is 11.2. The van der Waals surface area contributed by atoms with Gasteiger partial charge in [0, 0.05) is 5.69 Å². The SMILES string of the molecule is Cc1nc2cc(C)n(C(N)=O)c(=O)c2s1. The Labute approximate surface area is 89.2 Å². The molecule has 2 rings (SSSR count). The van der Waals surface area contributed by atoms with Crippen LogP contribution in [0.15, 0.2) is 10.9 Å². The molecule has 2 N–H and O–H groups in total. The zero-order valence-corrected chi connectivity index (χ0v) is 9.09. The topological polar surface area (TPSA) is 78.0 Å². The quantitative estimate of drug-likeness (QED) is 0.723. The predicted molar refractivity (Wildman–Crippen MR) is 58.3 cm³/mol. The van der Waals surface area contributed by atoms with Crippen molar-refractivity contribution in [2.24, 2.45) is 5.73 Å². The predicted octanol–water partition coefficient (Wildman–Crippen LogP) is 1.00. The highest BCUT2D eigenvalue weighted by atomic mass is 32.1. The molecular weight excluding hydrogens is 214 g/mol. The maximum atomic E-state index is 11.8. The number of nitrogens with two attached hydrogens (primary N) is 1. The number of aromatic nitrogens is 2. The highest BCUT2D eigenvalue weighted by Gasteiger charge is 2.12. The number of thiazole rings is 1. The summed E-state index contributed by atoms with van der Waals surface area (Å²) in [5.74, 6) is 0. The van der Waals surface area contributed by atoms with Gasteiger partial charge in [0.2, 0.25) is 0 Å². The molecule has 0 saturated carbocycles. The first-order valence-corrected chi connectivity index (χ1v) is 5.12. The summed E-state index contributed by atoms with van der Waals surface area (Å²) in [5, 5.41) is 0.795. The summed E-state index contributed by atoms with van der Waals surface area (Å²) in [4.78, 5) is 27.1. The Morgan fingerprint density at radius 3 is 2.80 bits per heavy atom.